The van der Waals surface area contributed by atoms with Crippen LogP contribution in [0.15, 0.2) is 12.2 Å². The lowest BCUT2D eigenvalue weighted by molar-refractivity contribution is -0.116. The summed E-state index contributed by atoms with van der Waals surface area (Å²) in [6.45, 7) is 4.74. The number of nitrogens with one attached hydrogen (secondary N) is 1. The third-order valence-electron chi connectivity index (χ3n) is 1.39. The summed E-state index contributed by atoms with van der Waals surface area (Å²) in [5.74, 6) is 1.65. The first-order valence-corrected chi connectivity index (χ1v) is 5.49. The Morgan fingerprint density at radius 1 is 1.67 bits per heavy atom. The molecule has 0 saturated heterocycles. The number of amides is 1. The molecule has 0 aliphatic heterocycles. The zero-order valence-electron chi connectivity index (χ0n) is 7.96. The highest BCUT2D eigenvalue weighted by molar-refractivity contribution is 7.98. The maximum Gasteiger partial charge on any atom is 0.243 e. The van der Waals surface area contributed by atoms with E-state index in [1.54, 1.807) is 23.9 Å². The summed E-state index contributed by atoms with van der Waals surface area (Å²) < 4.78 is 0. The molecule has 0 aliphatic rings. The Kier molecular flexibility index (Phi) is 6.96. The molecular weight excluding hydrogens is 170 g/mol. The number of hydrogen-bond acceptors (Lipinski definition) is 2. The van der Waals surface area contributed by atoms with Crippen molar-refractivity contribution >= 4 is 17.7 Å². The van der Waals surface area contributed by atoms with E-state index in [2.05, 4.69) is 18.5 Å². The van der Waals surface area contributed by atoms with Crippen LogP contribution in [0.5, 0.6) is 0 Å². The van der Waals surface area contributed by atoms with Crippen molar-refractivity contribution in [3.8, 4) is 0 Å². The molecule has 0 saturated carbocycles. The summed E-state index contributed by atoms with van der Waals surface area (Å²) in [7, 11) is 0. The first-order valence-electron chi connectivity index (χ1n) is 4.10. The highest BCUT2D eigenvalue weighted by Crippen LogP contribution is 2.02. The van der Waals surface area contributed by atoms with E-state index in [1.165, 1.54) is 0 Å². The highest BCUT2D eigenvalue weighted by Gasteiger charge is 2.01. The van der Waals surface area contributed by atoms with Crippen LogP contribution in [-0.4, -0.2) is 24.5 Å². The van der Waals surface area contributed by atoms with Crippen LogP contribution in [-0.2, 0) is 4.79 Å². The summed E-state index contributed by atoms with van der Waals surface area (Å²) in [4.78, 5) is 10.9. The molecule has 0 aliphatic carbocycles. The number of hydrogen-bond donors (Lipinski definition) is 1. The molecule has 1 N–H and O–H groups in total. The van der Waals surface area contributed by atoms with E-state index in [0.717, 1.165) is 12.3 Å². The van der Waals surface area contributed by atoms with E-state index in [1.807, 2.05) is 6.92 Å². The fourth-order valence-corrected chi connectivity index (χ4v) is 1.52. The maximum absolute atomic E-state index is 10.9. The van der Waals surface area contributed by atoms with Crippen molar-refractivity contribution in [1.82, 2.24) is 5.32 Å². The summed E-state index contributed by atoms with van der Waals surface area (Å²) in [6.07, 6.45) is 5.37. The standard InChI is InChI=1S/C9H17NOS/c1-4-5-9(11)10-6-8(2)7-12-3/h4-5,8H,6-7H2,1-3H3,(H,10,11). The number of rotatable bonds is 5. The SMILES string of the molecule is CC=CC(=O)NCC(C)CSC. The minimum absolute atomic E-state index is 0.00505. The summed E-state index contributed by atoms with van der Waals surface area (Å²) in [6, 6.07) is 0. The Hall–Kier alpha value is -0.440. The lowest BCUT2D eigenvalue weighted by Crippen LogP contribution is -2.27. The van der Waals surface area contributed by atoms with E-state index in [-0.39, 0.29) is 5.91 Å². The molecule has 1 amide bonds. The molecule has 0 radical (unpaired) electrons. The van der Waals surface area contributed by atoms with Crippen LogP contribution < -0.4 is 5.32 Å². The molecule has 70 valence electrons. The normalized spacial score (nSPS) is 13.2. The van der Waals surface area contributed by atoms with Crippen LogP contribution in [0.25, 0.3) is 0 Å². The van der Waals surface area contributed by atoms with Crippen LogP contribution >= 0.6 is 11.8 Å². The van der Waals surface area contributed by atoms with Gasteiger partial charge in [-0.3, -0.25) is 4.79 Å². The van der Waals surface area contributed by atoms with Crippen molar-refractivity contribution in [2.45, 2.75) is 13.8 Å². The zero-order chi connectivity index (χ0) is 9.40. The van der Waals surface area contributed by atoms with Crippen LogP contribution in [0.1, 0.15) is 13.8 Å². The Bertz CT molecular complexity index is 157. The van der Waals surface area contributed by atoms with Gasteiger partial charge in [-0.15, -0.1) is 0 Å². The maximum atomic E-state index is 10.9. The fraction of sp³-hybridized carbons (Fsp3) is 0.667. The summed E-state index contributed by atoms with van der Waals surface area (Å²) >= 11 is 1.81. The molecular formula is C9H17NOS. The third kappa shape index (κ3) is 6.28. The molecule has 3 heteroatoms. The predicted octanol–water partition coefficient (Wildman–Crippen LogP) is 1.68. The largest absolute Gasteiger partial charge is 0.352 e. The van der Waals surface area contributed by atoms with Crippen LogP contribution in [0.3, 0.4) is 0 Å². The quantitative estimate of drug-likeness (QED) is 0.663. The molecule has 0 heterocycles. The van der Waals surface area contributed by atoms with Gasteiger partial charge in [-0.1, -0.05) is 13.0 Å². The second-order valence-electron chi connectivity index (χ2n) is 2.81. The number of thioether (sulfide) groups is 1. The van der Waals surface area contributed by atoms with Gasteiger partial charge in [0.1, 0.15) is 0 Å². The first kappa shape index (κ1) is 11.6. The van der Waals surface area contributed by atoms with E-state index in [4.69, 9.17) is 0 Å². The molecule has 0 bridgehead atoms. The minimum atomic E-state index is 0.00505. The Morgan fingerprint density at radius 3 is 2.83 bits per heavy atom. The molecule has 0 fully saturated rings. The van der Waals surface area contributed by atoms with Crippen molar-refractivity contribution in [1.29, 1.82) is 0 Å². The van der Waals surface area contributed by atoms with E-state index in [0.29, 0.717) is 5.92 Å². The molecule has 0 aromatic carbocycles. The molecule has 1 atom stereocenters. The van der Waals surface area contributed by atoms with Gasteiger partial charge in [0.15, 0.2) is 0 Å². The molecule has 0 rings (SSSR count). The third-order valence-corrected chi connectivity index (χ3v) is 2.30. The Morgan fingerprint density at radius 2 is 2.33 bits per heavy atom. The zero-order valence-corrected chi connectivity index (χ0v) is 8.78. The predicted molar refractivity (Wildman–Crippen MR) is 55.4 cm³/mol. The van der Waals surface area contributed by atoms with Crippen LogP contribution in [0.4, 0.5) is 0 Å². The average molecular weight is 187 g/mol. The van der Waals surface area contributed by atoms with Gasteiger partial charge in [-0.2, -0.15) is 11.8 Å². The van der Waals surface area contributed by atoms with Gasteiger partial charge in [-0.25, -0.2) is 0 Å². The van der Waals surface area contributed by atoms with Gasteiger partial charge in [0.25, 0.3) is 0 Å². The van der Waals surface area contributed by atoms with E-state index in [9.17, 15) is 4.79 Å². The van der Waals surface area contributed by atoms with Crippen molar-refractivity contribution < 1.29 is 4.79 Å². The fourth-order valence-electron chi connectivity index (χ4n) is 0.829. The second kappa shape index (κ2) is 7.22. The van der Waals surface area contributed by atoms with Gasteiger partial charge in [0.2, 0.25) is 5.91 Å². The molecule has 0 aromatic rings. The number of carbonyl (C=O) groups is 1. The molecule has 2 nitrogen and oxygen atoms in total. The van der Waals surface area contributed by atoms with Crippen LogP contribution in [0, 0.1) is 5.92 Å². The Labute approximate surface area is 78.8 Å². The highest BCUT2D eigenvalue weighted by atomic mass is 32.2. The summed E-state index contributed by atoms with van der Waals surface area (Å²) in [5, 5.41) is 2.83. The van der Waals surface area contributed by atoms with Crippen molar-refractivity contribution in [2.24, 2.45) is 5.92 Å². The van der Waals surface area contributed by atoms with Gasteiger partial charge in [0.05, 0.1) is 0 Å². The van der Waals surface area contributed by atoms with Crippen molar-refractivity contribution in [2.75, 3.05) is 18.6 Å². The molecule has 12 heavy (non-hydrogen) atoms. The minimum Gasteiger partial charge on any atom is -0.352 e. The van der Waals surface area contributed by atoms with Gasteiger partial charge in [0, 0.05) is 6.54 Å². The van der Waals surface area contributed by atoms with E-state index < -0.39 is 0 Å². The molecule has 0 spiro atoms. The number of carbonyl (C=O) groups excluding carboxylic acids is 1. The van der Waals surface area contributed by atoms with Gasteiger partial charge >= 0.3 is 0 Å². The monoisotopic (exact) mass is 187 g/mol. The summed E-state index contributed by atoms with van der Waals surface area (Å²) in [5.41, 5.74) is 0. The lowest BCUT2D eigenvalue weighted by atomic mass is 10.2. The van der Waals surface area contributed by atoms with Gasteiger partial charge in [-0.05, 0) is 30.9 Å². The van der Waals surface area contributed by atoms with Gasteiger partial charge < -0.3 is 5.32 Å². The lowest BCUT2D eigenvalue weighted by Gasteiger charge is -2.09. The smallest absolute Gasteiger partial charge is 0.243 e. The van der Waals surface area contributed by atoms with E-state index >= 15 is 0 Å². The number of allylic oxidation sites excluding steroid dienone is 1. The van der Waals surface area contributed by atoms with Crippen molar-refractivity contribution in [3.63, 3.8) is 0 Å². The molecule has 1 unspecified atom stereocenters. The topological polar surface area (TPSA) is 29.1 Å². The first-order chi connectivity index (χ1) is 5.70. The van der Waals surface area contributed by atoms with Crippen LogP contribution in [0.2, 0.25) is 0 Å². The van der Waals surface area contributed by atoms with Crippen molar-refractivity contribution in [3.05, 3.63) is 12.2 Å². The Balaban J connectivity index is 3.46. The molecule has 0 aromatic heterocycles. The second-order valence-corrected chi connectivity index (χ2v) is 3.72. The average Bonchev–Trinajstić information content (AvgIpc) is 2.02.